The third-order valence-electron chi connectivity index (χ3n) is 1.66. The number of nitrogens with zero attached hydrogens (tertiary/aromatic N) is 1. The largest absolute Gasteiger partial charge is 0.297 e. The fraction of sp³-hybridized carbons (Fsp3) is 0.200. The Morgan fingerprint density at radius 1 is 1.27 bits per heavy atom. The van der Waals surface area contributed by atoms with Gasteiger partial charge in [-0.15, -0.1) is 0 Å². The summed E-state index contributed by atoms with van der Waals surface area (Å²) in [5.74, 6) is 0. The SMILES string of the molecule is CC.O=c1[nH]c(Cl)nc2c(Cl)cccc12. The number of benzene rings is 1. The summed E-state index contributed by atoms with van der Waals surface area (Å²) in [5.41, 5.74) is 0.149. The number of hydrogen-bond acceptors (Lipinski definition) is 2. The van der Waals surface area contributed by atoms with E-state index in [0.29, 0.717) is 15.9 Å². The molecule has 0 aliphatic rings. The molecule has 0 radical (unpaired) electrons. The Balaban J connectivity index is 0.000000531. The van der Waals surface area contributed by atoms with Gasteiger partial charge in [-0.3, -0.25) is 9.78 Å². The number of halogens is 2. The molecular weight excluding hydrogens is 235 g/mol. The Labute approximate surface area is 97.1 Å². The van der Waals surface area contributed by atoms with Crippen LogP contribution in [-0.4, -0.2) is 9.97 Å². The van der Waals surface area contributed by atoms with Gasteiger partial charge >= 0.3 is 0 Å². The van der Waals surface area contributed by atoms with Crippen molar-refractivity contribution in [1.82, 2.24) is 9.97 Å². The van der Waals surface area contributed by atoms with E-state index in [-0.39, 0.29) is 10.8 Å². The van der Waals surface area contributed by atoms with Crippen molar-refractivity contribution in [2.24, 2.45) is 0 Å². The second kappa shape index (κ2) is 5.14. The first-order chi connectivity index (χ1) is 7.18. The molecule has 1 heterocycles. The highest BCUT2D eigenvalue weighted by molar-refractivity contribution is 6.35. The molecule has 0 atom stereocenters. The molecule has 0 aliphatic heterocycles. The number of aromatic nitrogens is 2. The number of rotatable bonds is 0. The van der Waals surface area contributed by atoms with Crippen LogP contribution in [-0.2, 0) is 0 Å². The van der Waals surface area contributed by atoms with Gasteiger partial charge in [0.25, 0.3) is 5.56 Å². The summed E-state index contributed by atoms with van der Waals surface area (Å²) in [6.45, 7) is 4.00. The van der Waals surface area contributed by atoms with E-state index in [1.165, 1.54) is 0 Å². The van der Waals surface area contributed by atoms with Gasteiger partial charge in [-0.2, -0.15) is 0 Å². The molecular formula is C10H10Cl2N2O. The molecule has 2 aromatic rings. The van der Waals surface area contributed by atoms with Crippen molar-refractivity contribution in [2.45, 2.75) is 13.8 Å². The number of nitrogens with one attached hydrogen (secondary N) is 1. The van der Waals surface area contributed by atoms with E-state index in [9.17, 15) is 4.79 Å². The number of para-hydroxylation sites is 1. The molecule has 1 N–H and O–H groups in total. The minimum absolute atomic E-state index is 0.0469. The van der Waals surface area contributed by atoms with E-state index in [4.69, 9.17) is 23.2 Å². The topological polar surface area (TPSA) is 45.8 Å². The van der Waals surface area contributed by atoms with Crippen LogP contribution < -0.4 is 5.56 Å². The van der Waals surface area contributed by atoms with Crippen LogP contribution in [0.1, 0.15) is 13.8 Å². The summed E-state index contributed by atoms with van der Waals surface area (Å²) >= 11 is 11.4. The first-order valence-corrected chi connectivity index (χ1v) is 5.28. The Kier molecular flexibility index (Phi) is 4.12. The van der Waals surface area contributed by atoms with Gasteiger partial charge in [0, 0.05) is 0 Å². The lowest BCUT2D eigenvalue weighted by Crippen LogP contribution is -2.07. The van der Waals surface area contributed by atoms with Crippen LogP contribution in [0.2, 0.25) is 10.3 Å². The lowest BCUT2D eigenvalue weighted by atomic mass is 10.2. The number of fused-ring (bicyclic) bond motifs is 1. The first kappa shape index (κ1) is 12.0. The molecule has 1 aromatic heterocycles. The van der Waals surface area contributed by atoms with Crippen LogP contribution in [0.5, 0.6) is 0 Å². The highest BCUT2D eigenvalue weighted by Crippen LogP contribution is 2.18. The Hall–Kier alpha value is -1.06. The van der Waals surface area contributed by atoms with E-state index < -0.39 is 0 Å². The number of hydrogen-bond donors (Lipinski definition) is 1. The van der Waals surface area contributed by atoms with E-state index in [1.54, 1.807) is 18.2 Å². The average molecular weight is 245 g/mol. The summed E-state index contributed by atoms with van der Waals surface area (Å²) in [5, 5.41) is 0.910. The fourth-order valence-corrected chi connectivity index (χ4v) is 1.49. The van der Waals surface area contributed by atoms with E-state index >= 15 is 0 Å². The summed E-state index contributed by atoms with van der Waals surface area (Å²) in [6.07, 6.45) is 0. The zero-order chi connectivity index (χ0) is 11.4. The first-order valence-electron chi connectivity index (χ1n) is 4.52. The number of aromatic amines is 1. The van der Waals surface area contributed by atoms with E-state index in [0.717, 1.165) is 0 Å². The Bertz CT molecular complexity index is 522. The van der Waals surface area contributed by atoms with Crippen molar-refractivity contribution in [3.05, 3.63) is 38.9 Å². The zero-order valence-corrected chi connectivity index (χ0v) is 9.86. The van der Waals surface area contributed by atoms with Gasteiger partial charge in [0.1, 0.15) is 0 Å². The van der Waals surface area contributed by atoms with E-state index in [2.05, 4.69) is 9.97 Å². The minimum Gasteiger partial charge on any atom is -0.297 e. The van der Waals surface area contributed by atoms with Gasteiger partial charge in [-0.05, 0) is 23.7 Å². The molecule has 3 nitrogen and oxygen atoms in total. The van der Waals surface area contributed by atoms with Crippen LogP contribution in [0.25, 0.3) is 10.9 Å². The van der Waals surface area contributed by atoms with Gasteiger partial charge in [-0.25, -0.2) is 4.98 Å². The maximum atomic E-state index is 11.3. The highest BCUT2D eigenvalue weighted by Gasteiger charge is 2.04. The molecule has 0 saturated heterocycles. The van der Waals surface area contributed by atoms with Gasteiger partial charge in [0.05, 0.1) is 15.9 Å². The average Bonchev–Trinajstić information content (AvgIpc) is 2.23. The quantitative estimate of drug-likeness (QED) is 0.724. The Morgan fingerprint density at radius 3 is 2.60 bits per heavy atom. The molecule has 0 bridgehead atoms. The molecule has 0 fully saturated rings. The van der Waals surface area contributed by atoms with Crippen molar-refractivity contribution in [1.29, 1.82) is 0 Å². The maximum Gasteiger partial charge on any atom is 0.259 e. The molecule has 0 aliphatic carbocycles. The monoisotopic (exact) mass is 244 g/mol. The summed E-state index contributed by atoms with van der Waals surface area (Å²) in [6, 6.07) is 4.99. The molecule has 0 amide bonds. The summed E-state index contributed by atoms with van der Waals surface area (Å²) < 4.78 is 0. The van der Waals surface area contributed by atoms with Gasteiger partial charge in [0.2, 0.25) is 5.28 Å². The maximum absolute atomic E-state index is 11.3. The molecule has 1 aromatic carbocycles. The number of H-pyrrole nitrogens is 1. The predicted octanol–water partition coefficient (Wildman–Crippen LogP) is 3.26. The van der Waals surface area contributed by atoms with Crippen LogP contribution in [0.4, 0.5) is 0 Å². The normalized spacial score (nSPS) is 9.60. The van der Waals surface area contributed by atoms with Gasteiger partial charge < -0.3 is 0 Å². The molecule has 5 heteroatoms. The standard InChI is InChI=1S/C8H4Cl2N2O.C2H6/c9-5-3-1-2-4-6(5)11-8(10)12-7(4)13;1-2/h1-3H,(H,11,12,13);1-2H3. The molecule has 0 unspecified atom stereocenters. The highest BCUT2D eigenvalue weighted by atomic mass is 35.5. The second-order valence-electron chi connectivity index (χ2n) is 2.49. The molecule has 2 rings (SSSR count). The third kappa shape index (κ3) is 2.49. The van der Waals surface area contributed by atoms with Crippen molar-refractivity contribution >= 4 is 34.1 Å². The molecule has 15 heavy (non-hydrogen) atoms. The molecule has 0 saturated carbocycles. The van der Waals surface area contributed by atoms with Crippen LogP contribution in [0.15, 0.2) is 23.0 Å². The summed E-state index contributed by atoms with van der Waals surface area (Å²) in [4.78, 5) is 17.6. The third-order valence-corrected chi connectivity index (χ3v) is 2.14. The van der Waals surface area contributed by atoms with Gasteiger partial charge in [-0.1, -0.05) is 31.5 Å². The van der Waals surface area contributed by atoms with Crippen LogP contribution >= 0.6 is 23.2 Å². The van der Waals surface area contributed by atoms with Gasteiger partial charge in [0.15, 0.2) is 0 Å². The molecule has 0 spiro atoms. The second-order valence-corrected chi connectivity index (χ2v) is 3.26. The minimum atomic E-state index is -0.280. The summed E-state index contributed by atoms with van der Waals surface area (Å²) in [7, 11) is 0. The van der Waals surface area contributed by atoms with Crippen molar-refractivity contribution in [3.8, 4) is 0 Å². The smallest absolute Gasteiger partial charge is 0.259 e. The van der Waals surface area contributed by atoms with Crippen molar-refractivity contribution < 1.29 is 0 Å². The van der Waals surface area contributed by atoms with E-state index in [1.807, 2.05) is 13.8 Å². The van der Waals surface area contributed by atoms with Crippen molar-refractivity contribution in [2.75, 3.05) is 0 Å². The lowest BCUT2D eigenvalue weighted by molar-refractivity contribution is 1.17. The lowest BCUT2D eigenvalue weighted by Gasteiger charge is -1.97. The van der Waals surface area contributed by atoms with Crippen LogP contribution in [0.3, 0.4) is 0 Å². The predicted molar refractivity (Wildman–Crippen MR) is 63.7 cm³/mol. The van der Waals surface area contributed by atoms with Crippen LogP contribution in [0, 0.1) is 0 Å². The Morgan fingerprint density at radius 2 is 1.93 bits per heavy atom. The van der Waals surface area contributed by atoms with Crippen molar-refractivity contribution in [3.63, 3.8) is 0 Å². The molecule has 80 valence electrons. The fourth-order valence-electron chi connectivity index (χ4n) is 1.10. The zero-order valence-electron chi connectivity index (χ0n) is 8.34.